The van der Waals surface area contributed by atoms with Gasteiger partial charge in [-0.05, 0) is 19.3 Å². The zero-order valence-electron chi connectivity index (χ0n) is 7.73. The third-order valence-electron chi connectivity index (χ3n) is 1.67. The molecule has 0 unspecified atom stereocenters. The molecule has 0 rings (SSSR count). The second-order valence-corrected chi connectivity index (χ2v) is 3.78. The molecular formula is C9H19N. The van der Waals surface area contributed by atoms with E-state index in [-0.39, 0.29) is 11.5 Å². The third kappa shape index (κ3) is 2.53. The van der Waals surface area contributed by atoms with Crippen molar-refractivity contribution in [3.8, 4) is 0 Å². The van der Waals surface area contributed by atoms with Gasteiger partial charge in [-0.25, -0.2) is 0 Å². The molecule has 0 bridgehead atoms. The number of hydrogen-bond donors (Lipinski definition) is 1. The van der Waals surface area contributed by atoms with E-state index < -0.39 is 0 Å². The number of nitrogens with two attached hydrogens (primary N) is 1. The lowest BCUT2D eigenvalue weighted by molar-refractivity contribution is 0.468. The minimum absolute atomic E-state index is 0.185. The summed E-state index contributed by atoms with van der Waals surface area (Å²) >= 11 is 0. The van der Waals surface area contributed by atoms with Gasteiger partial charge in [0.25, 0.3) is 0 Å². The molecule has 1 nitrogen and oxygen atoms in total. The third-order valence-corrected chi connectivity index (χ3v) is 1.67. The molecule has 1 heteroatoms. The molecule has 10 heavy (non-hydrogen) atoms. The average Bonchev–Trinajstić information content (AvgIpc) is 1.60. The van der Waals surface area contributed by atoms with Gasteiger partial charge in [0.15, 0.2) is 0 Å². The van der Waals surface area contributed by atoms with Crippen molar-refractivity contribution in [1.29, 1.82) is 0 Å². The SMILES string of the molecule is C/C=C(\[C@H](C)N)C(C)(C)C. The summed E-state index contributed by atoms with van der Waals surface area (Å²) in [6, 6.07) is 0.185. The maximum Gasteiger partial charge on any atom is 0.0229 e. The minimum atomic E-state index is 0.185. The highest BCUT2D eigenvalue weighted by Crippen LogP contribution is 2.26. The van der Waals surface area contributed by atoms with Gasteiger partial charge < -0.3 is 5.73 Å². The van der Waals surface area contributed by atoms with Gasteiger partial charge in [0.2, 0.25) is 0 Å². The van der Waals surface area contributed by atoms with E-state index in [1.165, 1.54) is 5.57 Å². The van der Waals surface area contributed by atoms with Crippen molar-refractivity contribution in [2.24, 2.45) is 11.1 Å². The van der Waals surface area contributed by atoms with Crippen LogP contribution in [0.25, 0.3) is 0 Å². The second kappa shape index (κ2) is 3.20. The van der Waals surface area contributed by atoms with Gasteiger partial charge >= 0.3 is 0 Å². The van der Waals surface area contributed by atoms with Crippen LogP contribution in [0.4, 0.5) is 0 Å². The lowest BCUT2D eigenvalue weighted by Crippen LogP contribution is -2.26. The molecular weight excluding hydrogens is 122 g/mol. The Morgan fingerprint density at radius 3 is 1.80 bits per heavy atom. The molecule has 2 N–H and O–H groups in total. The Hall–Kier alpha value is -0.300. The van der Waals surface area contributed by atoms with Crippen LogP contribution in [0.1, 0.15) is 34.6 Å². The van der Waals surface area contributed by atoms with E-state index in [0.717, 1.165) is 0 Å². The average molecular weight is 141 g/mol. The van der Waals surface area contributed by atoms with Crippen LogP contribution in [0.5, 0.6) is 0 Å². The molecule has 0 fully saturated rings. The molecule has 0 aliphatic heterocycles. The largest absolute Gasteiger partial charge is 0.324 e. The van der Waals surface area contributed by atoms with Crippen molar-refractivity contribution >= 4 is 0 Å². The molecule has 0 aliphatic rings. The van der Waals surface area contributed by atoms with Gasteiger partial charge in [0, 0.05) is 6.04 Å². The summed E-state index contributed by atoms with van der Waals surface area (Å²) < 4.78 is 0. The van der Waals surface area contributed by atoms with E-state index >= 15 is 0 Å². The Bertz CT molecular complexity index is 126. The lowest BCUT2D eigenvalue weighted by atomic mass is 9.83. The van der Waals surface area contributed by atoms with Gasteiger partial charge in [-0.1, -0.05) is 32.4 Å². The molecule has 0 spiro atoms. The van der Waals surface area contributed by atoms with Crippen LogP contribution >= 0.6 is 0 Å². The predicted octanol–water partition coefficient (Wildman–Crippen LogP) is 2.33. The maximum atomic E-state index is 5.77. The second-order valence-electron chi connectivity index (χ2n) is 3.78. The smallest absolute Gasteiger partial charge is 0.0229 e. The van der Waals surface area contributed by atoms with Crippen LogP contribution in [0.3, 0.4) is 0 Å². The Kier molecular flexibility index (Phi) is 3.10. The zero-order chi connectivity index (χ0) is 8.36. The highest BCUT2D eigenvalue weighted by Gasteiger charge is 2.18. The molecule has 1 atom stereocenters. The fraction of sp³-hybridized carbons (Fsp3) is 0.778. The summed E-state index contributed by atoms with van der Waals surface area (Å²) in [5.74, 6) is 0. The Morgan fingerprint density at radius 1 is 1.40 bits per heavy atom. The fourth-order valence-corrected chi connectivity index (χ4v) is 1.38. The van der Waals surface area contributed by atoms with Crippen molar-refractivity contribution in [1.82, 2.24) is 0 Å². The first-order chi connectivity index (χ1) is 4.39. The monoisotopic (exact) mass is 141 g/mol. The molecule has 60 valence electrons. The molecule has 0 radical (unpaired) electrons. The highest BCUT2D eigenvalue weighted by molar-refractivity contribution is 5.15. The molecule has 0 aromatic carbocycles. The van der Waals surface area contributed by atoms with Gasteiger partial charge in [-0.3, -0.25) is 0 Å². The maximum absolute atomic E-state index is 5.77. The van der Waals surface area contributed by atoms with Crippen molar-refractivity contribution < 1.29 is 0 Å². The van der Waals surface area contributed by atoms with E-state index in [1.807, 2.05) is 13.8 Å². The van der Waals surface area contributed by atoms with E-state index in [2.05, 4.69) is 26.8 Å². The Morgan fingerprint density at radius 2 is 1.80 bits per heavy atom. The van der Waals surface area contributed by atoms with Crippen LogP contribution < -0.4 is 5.73 Å². The van der Waals surface area contributed by atoms with E-state index in [9.17, 15) is 0 Å². The van der Waals surface area contributed by atoms with Crippen molar-refractivity contribution in [2.75, 3.05) is 0 Å². The van der Waals surface area contributed by atoms with Crippen LogP contribution in [-0.4, -0.2) is 6.04 Å². The van der Waals surface area contributed by atoms with E-state index in [4.69, 9.17) is 5.73 Å². The van der Waals surface area contributed by atoms with Gasteiger partial charge in [0.1, 0.15) is 0 Å². The van der Waals surface area contributed by atoms with Crippen LogP contribution in [0, 0.1) is 5.41 Å². The summed E-state index contributed by atoms with van der Waals surface area (Å²) in [5, 5.41) is 0. The Labute approximate surface area is 64.3 Å². The topological polar surface area (TPSA) is 26.0 Å². The molecule has 0 aliphatic carbocycles. The fourth-order valence-electron chi connectivity index (χ4n) is 1.38. The van der Waals surface area contributed by atoms with Crippen molar-refractivity contribution in [2.45, 2.75) is 40.7 Å². The van der Waals surface area contributed by atoms with Gasteiger partial charge in [0.05, 0.1) is 0 Å². The predicted molar refractivity (Wildman–Crippen MR) is 46.9 cm³/mol. The summed E-state index contributed by atoms with van der Waals surface area (Å²) in [6.45, 7) is 10.6. The Balaban J connectivity index is 4.40. The van der Waals surface area contributed by atoms with Crippen molar-refractivity contribution in [3.63, 3.8) is 0 Å². The quantitative estimate of drug-likeness (QED) is 0.557. The normalized spacial score (nSPS) is 17.2. The first kappa shape index (κ1) is 9.70. The van der Waals surface area contributed by atoms with Gasteiger partial charge in [-0.2, -0.15) is 0 Å². The summed E-state index contributed by atoms with van der Waals surface area (Å²) in [5.41, 5.74) is 7.32. The highest BCUT2D eigenvalue weighted by atomic mass is 14.6. The first-order valence-corrected chi connectivity index (χ1v) is 3.82. The standard InChI is InChI=1S/C9H19N/c1-6-8(7(2)10)9(3,4)5/h6-7H,10H2,1-5H3/b8-6+/t7-/m0/s1. The van der Waals surface area contributed by atoms with Gasteiger partial charge in [-0.15, -0.1) is 0 Å². The summed E-state index contributed by atoms with van der Waals surface area (Å²) in [6.07, 6.45) is 2.12. The zero-order valence-corrected chi connectivity index (χ0v) is 7.73. The minimum Gasteiger partial charge on any atom is -0.324 e. The van der Waals surface area contributed by atoms with Crippen molar-refractivity contribution in [3.05, 3.63) is 11.6 Å². The molecule has 0 saturated carbocycles. The molecule has 0 heterocycles. The van der Waals surface area contributed by atoms with Crippen LogP contribution in [-0.2, 0) is 0 Å². The molecule has 0 aromatic heterocycles. The number of hydrogen-bond acceptors (Lipinski definition) is 1. The van der Waals surface area contributed by atoms with E-state index in [1.54, 1.807) is 0 Å². The molecule has 0 saturated heterocycles. The van der Waals surface area contributed by atoms with Crippen LogP contribution in [0.15, 0.2) is 11.6 Å². The summed E-state index contributed by atoms with van der Waals surface area (Å²) in [4.78, 5) is 0. The molecule has 0 aromatic rings. The lowest BCUT2D eigenvalue weighted by Gasteiger charge is -2.25. The van der Waals surface area contributed by atoms with Crippen LogP contribution in [0.2, 0.25) is 0 Å². The summed E-state index contributed by atoms with van der Waals surface area (Å²) in [7, 11) is 0. The number of rotatable bonds is 1. The van der Waals surface area contributed by atoms with E-state index in [0.29, 0.717) is 0 Å². The first-order valence-electron chi connectivity index (χ1n) is 3.82. The number of allylic oxidation sites excluding steroid dienone is 1. The molecule has 0 amide bonds.